The van der Waals surface area contributed by atoms with E-state index in [9.17, 15) is 9.59 Å². The lowest BCUT2D eigenvalue weighted by molar-refractivity contribution is -0.143. The van der Waals surface area contributed by atoms with Gasteiger partial charge in [0.05, 0.1) is 0 Å². The molecule has 6 heteroatoms. The molecule has 0 aliphatic carbocycles. The molecule has 1 amide bonds. The Bertz CT molecular complexity index is 588. The van der Waals surface area contributed by atoms with E-state index in [2.05, 4.69) is 17.0 Å². The SMILES string of the molecule is CCCCNC(=O)C(C)(C)OCCC(C)NSC(=O)Cc1ccc(C)cc1. The van der Waals surface area contributed by atoms with E-state index in [1.165, 1.54) is 5.56 Å². The molecule has 27 heavy (non-hydrogen) atoms. The predicted molar refractivity (Wildman–Crippen MR) is 113 cm³/mol. The van der Waals surface area contributed by atoms with Crippen LogP contribution >= 0.6 is 11.9 Å². The Hall–Kier alpha value is -1.37. The van der Waals surface area contributed by atoms with E-state index in [4.69, 9.17) is 4.74 Å². The zero-order valence-electron chi connectivity index (χ0n) is 17.3. The Balaban J connectivity index is 2.24. The third-order valence-electron chi connectivity index (χ3n) is 4.22. The minimum Gasteiger partial charge on any atom is -0.366 e. The van der Waals surface area contributed by atoms with Crippen LogP contribution in [0.1, 0.15) is 58.1 Å². The van der Waals surface area contributed by atoms with Crippen LogP contribution in [0.2, 0.25) is 0 Å². The molecule has 1 atom stereocenters. The molecule has 1 aromatic carbocycles. The summed E-state index contributed by atoms with van der Waals surface area (Å²) in [5.41, 5.74) is 1.36. The summed E-state index contributed by atoms with van der Waals surface area (Å²) in [6.45, 7) is 10.8. The van der Waals surface area contributed by atoms with Crippen LogP contribution in [0.25, 0.3) is 0 Å². The molecule has 0 saturated carbocycles. The highest BCUT2D eigenvalue weighted by Crippen LogP contribution is 2.12. The van der Waals surface area contributed by atoms with E-state index >= 15 is 0 Å². The van der Waals surface area contributed by atoms with Crippen molar-refractivity contribution in [2.24, 2.45) is 0 Å². The first kappa shape index (κ1) is 23.7. The molecule has 0 aromatic heterocycles. The van der Waals surface area contributed by atoms with E-state index in [0.717, 1.165) is 36.8 Å². The molecule has 0 saturated heterocycles. The molecule has 0 aliphatic rings. The smallest absolute Gasteiger partial charge is 0.251 e. The van der Waals surface area contributed by atoms with Crippen molar-refractivity contribution in [1.82, 2.24) is 10.0 Å². The van der Waals surface area contributed by atoms with Gasteiger partial charge in [-0.2, -0.15) is 0 Å². The largest absolute Gasteiger partial charge is 0.366 e. The van der Waals surface area contributed by atoms with Gasteiger partial charge in [-0.15, -0.1) is 0 Å². The minimum atomic E-state index is -0.845. The summed E-state index contributed by atoms with van der Waals surface area (Å²) in [4.78, 5) is 24.2. The molecule has 0 fully saturated rings. The van der Waals surface area contributed by atoms with E-state index in [0.29, 0.717) is 19.6 Å². The van der Waals surface area contributed by atoms with Crippen LogP contribution in [-0.4, -0.2) is 35.8 Å². The van der Waals surface area contributed by atoms with E-state index in [1.54, 1.807) is 13.8 Å². The maximum atomic E-state index is 12.1. The van der Waals surface area contributed by atoms with Crippen LogP contribution in [0.3, 0.4) is 0 Å². The normalized spacial score (nSPS) is 12.6. The lowest BCUT2D eigenvalue weighted by atomic mass is 10.1. The number of hydrogen-bond acceptors (Lipinski definition) is 5. The molecular weight excluding hydrogens is 360 g/mol. The molecule has 0 spiro atoms. The Morgan fingerprint density at radius 2 is 1.89 bits per heavy atom. The average molecular weight is 395 g/mol. The van der Waals surface area contributed by atoms with Crippen LogP contribution in [0.5, 0.6) is 0 Å². The highest BCUT2D eigenvalue weighted by molar-refractivity contribution is 8.12. The number of benzene rings is 1. The van der Waals surface area contributed by atoms with Crippen LogP contribution in [-0.2, 0) is 20.7 Å². The second-order valence-corrected chi connectivity index (χ2v) is 8.31. The molecule has 2 N–H and O–H groups in total. The number of aryl methyl sites for hydroxylation is 1. The molecule has 0 bridgehead atoms. The van der Waals surface area contributed by atoms with E-state index in [1.807, 2.05) is 38.1 Å². The lowest BCUT2D eigenvalue weighted by Crippen LogP contribution is -2.45. The van der Waals surface area contributed by atoms with Gasteiger partial charge in [0.25, 0.3) is 5.91 Å². The standard InChI is InChI=1S/C21H34N2O3S/c1-6-7-13-22-20(25)21(4,5)26-14-12-17(3)23-27-19(24)15-18-10-8-16(2)9-11-18/h8-11,17,23H,6-7,12-15H2,1-5H3,(H,22,25). The first-order chi connectivity index (χ1) is 12.7. The number of unbranched alkanes of at least 4 members (excludes halogenated alkanes) is 1. The second kappa shape index (κ2) is 12.2. The van der Waals surface area contributed by atoms with Gasteiger partial charge in [0, 0.05) is 25.6 Å². The second-order valence-electron chi connectivity index (χ2n) is 7.41. The number of amides is 1. The fraction of sp³-hybridized carbons (Fsp3) is 0.619. The summed E-state index contributed by atoms with van der Waals surface area (Å²) >= 11 is 1.14. The van der Waals surface area contributed by atoms with Crippen LogP contribution in [0, 0.1) is 6.92 Å². The number of ether oxygens (including phenoxy) is 1. The van der Waals surface area contributed by atoms with Crippen molar-refractivity contribution >= 4 is 23.0 Å². The molecule has 1 rings (SSSR count). The van der Waals surface area contributed by atoms with Gasteiger partial charge in [-0.1, -0.05) is 43.2 Å². The quantitative estimate of drug-likeness (QED) is 0.417. The number of carbonyl (C=O) groups is 2. The van der Waals surface area contributed by atoms with Gasteiger partial charge >= 0.3 is 0 Å². The zero-order valence-corrected chi connectivity index (χ0v) is 18.1. The highest BCUT2D eigenvalue weighted by atomic mass is 32.2. The summed E-state index contributed by atoms with van der Waals surface area (Å²) < 4.78 is 8.92. The van der Waals surface area contributed by atoms with Gasteiger partial charge in [-0.05, 0) is 58.0 Å². The Morgan fingerprint density at radius 1 is 1.22 bits per heavy atom. The molecule has 5 nitrogen and oxygen atoms in total. The van der Waals surface area contributed by atoms with Crippen molar-refractivity contribution in [3.63, 3.8) is 0 Å². The minimum absolute atomic E-state index is 0.0841. The van der Waals surface area contributed by atoms with Crippen molar-refractivity contribution in [3.8, 4) is 0 Å². The first-order valence-corrected chi connectivity index (χ1v) is 10.5. The summed E-state index contributed by atoms with van der Waals surface area (Å²) in [5, 5.41) is 2.99. The van der Waals surface area contributed by atoms with Crippen LogP contribution in [0.15, 0.2) is 24.3 Å². The van der Waals surface area contributed by atoms with E-state index in [-0.39, 0.29) is 17.1 Å². The van der Waals surface area contributed by atoms with Gasteiger partial charge in [-0.3, -0.25) is 14.3 Å². The maximum absolute atomic E-state index is 12.1. The number of carbonyl (C=O) groups excluding carboxylic acids is 2. The third kappa shape index (κ3) is 9.94. The number of rotatable bonds is 12. The van der Waals surface area contributed by atoms with E-state index < -0.39 is 5.60 Å². The topological polar surface area (TPSA) is 67.4 Å². The third-order valence-corrected chi connectivity index (χ3v) is 5.11. The number of nitrogens with one attached hydrogen (secondary N) is 2. The maximum Gasteiger partial charge on any atom is 0.251 e. The van der Waals surface area contributed by atoms with Gasteiger partial charge in [0.2, 0.25) is 5.12 Å². The van der Waals surface area contributed by atoms with Crippen molar-refractivity contribution in [1.29, 1.82) is 0 Å². The Kier molecular flexibility index (Phi) is 10.7. The van der Waals surface area contributed by atoms with Crippen molar-refractivity contribution in [3.05, 3.63) is 35.4 Å². The predicted octanol–water partition coefficient (Wildman–Crippen LogP) is 3.79. The van der Waals surface area contributed by atoms with Gasteiger partial charge in [0.1, 0.15) is 5.60 Å². The summed E-state index contributed by atoms with van der Waals surface area (Å²) in [6, 6.07) is 8.11. The summed E-state index contributed by atoms with van der Waals surface area (Å²) in [6.07, 6.45) is 3.14. The van der Waals surface area contributed by atoms with Gasteiger partial charge in [-0.25, -0.2) is 0 Å². The molecule has 1 aromatic rings. The summed E-state index contributed by atoms with van der Waals surface area (Å²) in [5.74, 6) is -0.0841. The Morgan fingerprint density at radius 3 is 2.52 bits per heavy atom. The van der Waals surface area contributed by atoms with Crippen LogP contribution < -0.4 is 10.0 Å². The fourth-order valence-electron chi connectivity index (χ4n) is 2.28. The molecule has 0 heterocycles. The highest BCUT2D eigenvalue weighted by Gasteiger charge is 2.28. The summed E-state index contributed by atoms with van der Waals surface area (Å²) in [7, 11) is 0. The molecule has 152 valence electrons. The Labute approximate surface area is 168 Å². The monoisotopic (exact) mass is 394 g/mol. The molecule has 0 radical (unpaired) electrons. The van der Waals surface area contributed by atoms with Crippen molar-refractivity contribution < 1.29 is 14.3 Å². The zero-order chi connectivity index (χ0) is 20.3. The average Bonchev–Trinajstić information content (AvgIpc) is 2.62. The van der Waals surface area contributed by atoms with Crippen molar-refractivity contribution in [2.45, 2.75) is 71.9 Å². The van der Waals surface area contributed by atoms with Gasteiger partial charge in [0.15, 0.2) is 0 Å². The van der Waals surface area contributed by atoms with Crippen LogP contribution in [0.4, 0.5) is 0 Å². The first-order valence-electron chi connectivity index (χ1n) is 9.67. The molecular formula is C21H34N2O3S. The van der Waals surface area contributed by atoms with Crippen molar-refractivity contribution in [2.75, 3.05) is 13.2 Å². The lowest BCUT2D eigenvalue weighted by Gasteiger charge is -2.25. The molecule has 0 aliphatic heterocycles. The van der Waals surface area contributed by atoms with Gasteiger partial charge < -0.3 is 10.1 Å². The fourth-order valence-corrected chi connectivity index (χ4v) is 2.97. The number of hydrogen-bond donors (Lipinski definition) is 2. The molecule has 1 unspecified atom stereocenters.